The van der Waals surface area contributed by atoms with Crippen LogP contribution >= 0.6 is 11.3 Å². The highest BCUT2D eigenvalue weighted by Crippen LogP contribution is 2.38. The Balaban J connectivity index is 1.44. The number of Topliss-reactive ketones (excluding diaryl/α,β-unsaturated/α-hetero) is 1. The Labute approximate surface area is 298 Å². The van der Waals surface area contributed by atoms with Crippen LogP contribution in [0.4, 0.5) is 0 Å². The molecule has 13 heteroatoms. The number of hydrogen-bond donors (Lipinski definition) is 1. The second-order valence-corrected chi connectivity index (χ2v) is 14.5. The Bertz CT molecular complexity index is 1830. The minimum atomic E-state index is -0.833. The van der Waals surface area contributed by atoms with Gasteiger partial charge in [0.15, 0.2) is 5.78 Å². The summed E-state index contributed by atoms with van der Waals surface area (Å²) in [5.74, 6) is 0.814. The number of hydrogen-bond acceptors (Lipinski definition) is 10. The van der Waals surface area contributed by atoms with Crippen molar-refractivity contribution in [1.29, 1.82) is 0 Å². The summed E-state index contributed by atoms with van der Waals surface area (Å²) < 4.78 is 13.9. The lowest BCUT2D eigenvalue weighted by atomic mass is 10.0. The van der Waals surface area contributed by atoms with E-state index in [-0.39, 0.29) is 36.0 Å². The van der Waals surface area contributed by atoms with Crippen molar-refractivity contribution < 1.29 is 23.9 Å². The van der Waals surface area contributed by atoms with Gasteiger partial charge < -0.3 is 19.7 Å². The number of benzene rings is 1. The van der Waals surface area contributed by atoms with Crippen LogP contribution in [0.2, 0.25) is 0 Å². The molecular formula is C37H49N7O5S. The van der Waals surface area contributed by atoms with Crippen LogP contribution in [0.25, 0.3) is 21.6 Å². The molecule has 0 aliphatic carbocycles. The largest absolute Gasteiger partial charge is 0.496 e. The fourth-order valence-corrected chi connectivity index (χ4v) is 7.35. The van der Waals surface area contributed by atoms with Crippen molar-refractivity contribution in [2.24, 2.45) is 0 Å². The molecule has 0 saturated carbocycles. The highest BCUT2D eigenvalue weighted by Gasteiger charge is 2.42. The van der Waals surface area contributed by atoms with Crippen molar-refractivity contribution in [3.8, 4) is 22.2 Å². The number of methoxy groups -OCH3 is 1. The zero-order chi connectivity index (χ0) is 36.1. The molecule has 50 heavy (non-hydrogen) atoms. The number of pyridine rings is 1. The third-order valence-electron chi connectivity index (χ3n) is 9.22. The predicted octanol–water partition coefficient (Wildman–Crippen LogP) is 6.68. The van der Waals surface area contributed by atoms with E-state index in [2.05, 4.69) is 36.2 Å². The number of rotatable bonds is 15. The van der Waals surface area contributed by atoms with Crippen LogP contribution in [0.3, 0.4) is 0 Å². The van der Waals surface area contributed by atoms with Crippen molar-refractivity contribution in [2.75, 3.05) is 13.7 Å². The predicted molar refractivity (Wildman–Crippen MR) is 194 cm³/mol. The standard InChI is InChI=1S/C37H49N7O5S/c1-9-10-11-12-13-27(41-35(46)34-38-20-39-44(34)22(4)5)37(47)43-18-25(16-30(43)24(7)45)49-32-17-28(36-42-29(19-50-36)21(2)3)40-33-23(6)31(48-8)15-14-26(32)33/h14-15,17,19-22,25,27,30H,9-13,16,18H2,1-8H3,(H,41,46)/t25-,27+,30+/m1/s1. The molecule has 1 aliphatic heterocycles. The number of ketones is 1. The number of carbonyl (C=O) groups is 3. The summed E-state index contributed by atoms with van der Waals surface area (Å²) in [6.45, 7) is 13.8. The number of amides is 2. The minimum Gasteiger partial charge on any atom is -0.496 e. The zero-order valence-corrected chi connectivity index (χ0v) is 31.2. The first-order chi connectivity index (χ1) is 23.9. The van der Waals surface area contributed by atoms with Gasteiger partial charge in [-0.05, 0) is 52.2 Å². The number of nitrogens with zero attached hydrogens (tertiary/aromatic N) is 6. The van der Waals surface area contributed by atoms with Gasteiger partial charge >= 0.3 is 0 Å². The average Bonchev–Trinajstić information content (AvgIpc) is 3.86. The normalized spacial score (nSPS) is 16.7. The number of aryl methyl sites for hydroxylation is 1. The fourth-order valence-electron chi connectivity index (χ4n) is 6.41. The molecule has 3 aromatic heterocycles. The number of nitrogens with one attached hydrogen (secondary N) is 1. The molecule has 0 unspecified atom stereocenters. The van der Waals surface area contributed by atoms with Gasteiger partial charge in [0.05, 0.1) is 30.9 Å². The summed E-state index contributed by atoms with van der Waals surface area (Å²) >= 11 is 1.53. The zero-order valence-electron chi connectivity index (χ0n) is 30.4. The summed E-state index contributed by atoms with van der Waals surface area (Å²) in [6, 6.07) is 4.10. The number of fused-ring (bicyclic) bond motifs is 1. The van der Waals surface area contributed by atoms with Crippen LogP contribution in [-0.2, 0) is 9.59 Å². The monoisotopic (exact) mass is 703 g/mol. The second-order valence-electron chi connectivity index (χ2n) is 13.6. The topological polar surface area (TPSA) is 141 Å². The lowest BCUT2D eigenvalue weighted by Gasteiger charge is -2.28. The summed E-state index contributed by atoms with van der Waals surface area (Å²) in [5.41, 5.74) is 3.28. The van der Waals surface area contributed by atoms with Crippen molar-refractivity contribution >= 4 is 39.8 Å². The first-order valence-electron chi connectivity index (χ1n) is 17.5. The van der Waals surface area contributed by atoms with E-state index in [1.165, 1.54) is 29.3 Å². The molecule has 12 nitrogen and oxygen atoms in total. The van der Waals surface area contributed by atoms with Crippen LogP contribution in [0, 0.1) is 6.92 Å². The quantitative estimate of drug-likeness (QED) is 0.134. The van der Waals surface area contributed by atoms with Crippen molar-refractivity contribution in [1.82, 2.24) is 34.9 Å². The van der Waals surface area contributed by atoms with E-state index in [1.807, 2.05) is 44.4 Å². The molecule has 2 amide bonds. The molecule has 0 bridgehead atoms. The molecule has 1 N–H and O–H groups in total. The molecule has 5 rings (SSSR count). The third-order valence-corrected chi connectivity index (χ3v) is 10.1. The van der Waals surface area contributed by atoms with Gasteiger partial charge in [-0.2, -0.15) is 5.10 Å². The lowest BCUT2D eigenvalue weighted by molar-refractivity contribution is -0.138. The van der Waals surface area contributed by atoms with Crippen LogP contribution in [-0.4, -0.2) is 79.1 Å². The molecule has 1 saturated heterocycles. The molecule has 3 atom stereocenters. The summed E-state index contributed by atoms with van der Waals surface area (Å²) in [6.07, 6.45) is 5.38. The third kappa shape index (κ3) is 7.98. The Hall–Kier alpha value is -4.39. The average molecular weight is 704 g/mol. The van der Waals surface area contributed by atoms with Gasteiger partial charge in [0.2, 0.25) is 11.7 Å². The number of thiazole rings is 1. The molecular weight excluding hydrogens is 655 g/mol. The Morgan fingerprint density at radius 2 is 1.86 bits per heavy atom. The Kier molecular flexibility index (Phi) is 11.9. The summed E-state index contributed by atoms with van der Waals surface area (Å²) in [4.78, 5) is 56.4. The SMILES string of the molecule is CCCCCC[C@H](NC(=O)c1ncnn1C(C)C)C(=O)N1C[C@H](Oc2cc(-c3nc(C(C)C)cs3)nc3c(C)c(OC)ccc23)C[C@H]1C(C)=O. The maximum absolute atomic E-state index is 14.3. The van der Waals surface area contributed by atoms with Crippen molar-refractivity contribution in [3.05, 3.63) is 47.0 Å². The maximum Gasteiger partial charge on any atom is 0.289 e. The van der Waals surface area contributed by atoms with Gasteiger partial charge in [-0.3, -0.25) is 14.4 Å². The smallest absolute Gasteiger partial charge is 0.289 e. The van der Waals surface area contributed by atoms with E-state index in [4.69, 9.17) is 19.4 Å². The van der Waals surface area contributed by atoms with Gasteiger partial charge in [0.25, 0.3) is 5.91 Å². The summed E-state index contributed by atoms with van der Waals surface area (Å²) in [7, 11) is 1.63. The summed E-state index contributed by atoms with van der Waals surface area (Å²) in [5, 5.41) is 10.7. The van der Waals surface area contributed by atoms with Gasteiger partial charge in [0.1, 0.15) is 40.7 Å². The second kappa shape index (κ2) is 16.1. The highest BCUT2D eigenvalue weighted by molar-refractivity contribution is 7.13. The van der Waals surface area contributed by atoms with Gasteiger partial charge in [-0.25, -0.2) is 19.6 Å². The van der Waals surface area contributed by atoms with Crippen LogP contribution < -0.4 is 14.8 Å². The molecule has 0 spiro atoms. The van der Waals surface area contributed by atoms with E-state index in [0.29, 0.717) is 30.0 Å². The molecule has 4 aromatic rings. The molecule has 4 heterocycles. The van der Waals surface area contributed by atoms with Gasteiger partial charge in [-0.1, -0.05) is 46.5 Å². The highest BCUT2D eigenvalue weighted by atomic mass is 32.1. The number of unbranched alkanes of at least 4 members (excludes halogenated alkanes) is 3. The number of aromatic nitrogens is 5. The number of likely N-dealkylation sites (tertiary alicyclic amines) is 1. The van der Waals surface area contributed by atoms with E-state index in [1.54, 1.807) is 12.0 Å². The molecule has 1 aromatic carbocycles. The van der Waals surface area contributed by atoms with Crippen molar-refractivity contribution in [3.63, 3.8) is 0 Å². The number of carbonyl (C=O) groups excluding carboxylic acids is 3. The number of ether oxygens (including phenoxy) is 2. The van der Waals surface area contributed by atoms with Gasteiger partial charge in [0, 0.05) is 34.9 Å². The van der Waals surface area contributed by atoms with Crippen LogP contribution in [0.15, 0.2) is 29.9 Å². The molecule has 0 radical (unpaired) electrons. The molecule has 1 aliphatic rings. The lowest BCUT2D eigenvalue weighted by Crippen LogP contribution is -2.52. The first kappa shape index (κ1) is 36.9. The Morgan fingerprint density at radius 1 is 1.08 bits per heavy atom. The van der Waals surface area contributed by atoms with E-state index >= 15 is 0 Å². The molecule has 268 valence electrons. The molecule has 1 fully saturated rings. The fraction of sp³-hybridized carbons (Fsp3) is 0.541. The Morgan fingerprint density at radius 3 is 2.52 bits per heavy atom. The van der Waals surface area contributed by atoms with E-state index < -0.39 is 24.1 Å². The van der Waals surface area contributed by atoms with E-state index in [0.717, 1.165) is 52.9 Å². The maximum atomic E-state index is 14.3. The van der Waals surface area contributed by atoms with Crippen LogP contribution in [0.1, 0.15) is 114 Å². The van der Waals surface area contributed by atoms with E-state index in [9.17, 15) is 14.4 Å². The van der Waals surface area contributed by atoms with Gasteiger partial charge in [-0.15, -0.1) is 11.3 Å². The first-order valence-corrected chi connectivity index (χ1v) is 18.4. The van der Waals surface area contributed by atoms with Crippen LogP contribution in [0.5, 0.6) is 11.5 Å². The minimum absolute atomic E-state index is 0.0851. The van der Waals surface area contributed by atoms with Crippen molar-refractivity contribution in [2.45, 2.75) is 117 Å².